The largest absolute Gasteiger partial charge is 0.341 e. The van der Waals surface area contributed by atoms with Gasteiger partial charge in [0.25, 0.3) is 0 Å². The maximum Gasteiger partial charge on any atom is 0.226 e. The third-order valence-electron chi connectivity index (χ3n) is 4.62. The lowest BCUT2D eigenvalue weighted by Gasteiger charge is -2.24. The minimum Gasteiger partial charge on any atom is -0.341 e. The first-order chi connectivity index (χ1) is 10.2. The van der Waals surface area contributed by atoms with Crippen molar-refractivity contribution in [2.75, 3.05) is 13.6 Å². The Morgan fingerprint density at radius 3 is 2.91 bits per heavy atom. The number of rotatable bonds is 4. The topological polar surface area (TPSA) is 46.3 Å². The van der Waals surface area contributed by atoms with Crippen LogP contribution in [-0.2, 0) is 11.3 Å². The highest BCUT2D eigenvalue weighted by Gasteiger charge is 2.33. The Kier molecular flexibility index (Phi) is 5.84. The average molecular weight is 339 g/mol. The summed E-state index contributed by atoms with van der Waals surface area (Å²) >= 11 is 1.75. The van der Waals surface area contributed by atoms with Gasteiger partial charge in [0.15, 0.2) is 0 Å². The summed E-state index contributed by atoms with van der Waals surface area (Å²) in [5, 5.41) is 3.44. The van der Waals surface area contributed by atoms with Crippen molar-refractivity contribution < 1.29 is 4.79 Å². The van der Waals surface area contributed by atoms with Crippen molar-refractivity contribution in [2.24, 2.45) is 17.6 Å². The van der Waals surface area contributed by atoms with Gasteiger partial charge in [0.1, 0.15) is 0 Å². The van der Waals surface area contributed by atoms with Crippen LogP contribution < -0.4 is 5.73 Å². The molecule has 3 rings (SSSR count). The predicted molar refractivity (Wildman–Crippen MR) is 95.4 cm³/mol. The minimum absolute atomic E-state index is 0. The van der Waals surface area contributed by atoms with Gasteiger partial charge in [0, 0.05) is 24.2 Å². The van der Waals surface area contributed by atoms with Crippen LogP contribution in [0.1, 0.15) is 24.8 Å². The van der Waals surface area contributed by atoms with E-state index in [-0.39, 0.29) is 24.2 Å². The molecule has 0 radical (unpaired) electrons. The number of carbonyl (C=O) groups is 1. The van der Waals surface area contributed by atoms with E-state index in [1.165, 1.54) is 15.6 Å². The summed E-state index contributed by atoms with van der Waals surface area (Å²) in [6, 6.07) is 8.38. The first kappa shape index (κ1) is 17.3. The second-order valence-corrected chi connectivity index (χ2v) is 6.90. The summed E-state index contributed by atoms with van der Waals surface area (Å²) in [7, 11) is 1.92. The molecule has 1 saturated carbocycles. The summed E-state index contributed by atoms with van der Waals surface area (Å²) < 4.78 is 1.29. The first-order valence-electron chi connectivity index (χ1n) is 7.61. The number of carbonyl (C=O) groups excluding carboxylic acids is 1. The molecule has 120 valence electrons. The van der Waals surface area contributed by atoms with Crippen molar-refractivity contribution in [3.05, 3.63) is 35.2 Å². The maximum atomic E-state index is 12.7. The minimum atomic E-state index is 0. The van der Waals surface area contributed by atoms with Crippen molar-refractivity contribution in [2.45, 2.75) is 25.8 Å². The van der Waals surface area contributed by atoms with Crippen LogP contribution in [-0.4, -0.2) is 24.4 Å². The van der Waals surface area contributed by atoms with Crippen LogP contribution in [0.2, 0.25) is 0 Å². The highest BCUT2D eigenvalue weighted by molar-refractivity contribution is 7.17. The number of halogens is 1. The lowest BCUT2D eigenvalue weighted by atomic mass is 9.95. The Hall–Kier alpha value is -1.10. The smallest absolute Gasteiger partial charge is 0.226 e. The van der Waals surface area contributed by atoms with Crippen LogP contribution in [0.25, 0.3) is 10.1 Å². The normalized spacial score (nSPS) is 20.8. The number of thiophene rings is 1. The first-order valence-corrected chi connectivity index (χ1v) is 8.49. The van der Waals surface area contributed by atoms with Crippen LogP contribution >= 0.6 is 23.7 Å². The van der Waals surface area contributed by atoms with Gasteiger partial charge in [-0.15, -0.1) is 23.7 Å². The number of nitrogens with two attached hydrogens (primary N) is 1. The number of fused-ring (bicyclic) bond motifs is 1. The maximum absolute atomic E-state index is 12.7. The molecule has 0 saturated heterocycles. The Balaban J connectivity index is 0.00000176. The van der Waals surface area contributed by atoms with Crippen LogP contribution in [0.5, 0.6) is 0 Å². The van der Waals surface area contributed by atoms with Crippen molar-refractivity contribution in [3.63, 3.8) is 0 Å². The summed E-state index contributed by atoms with van der Waals surface area (Å²) in [6.07, 6.45) is 3.23. The molecule has 0 spiro atoms. The summed E-state index contributed by atoms with van der Waals surface area (Å²) in [5.41, 5.74) is 7.05. The van der Waals surface area contributed by atoms with E-state index in [4.69, 9.17) is 5.73 Å². The van der Waals surface area contributed by atoms with Gasteiger partial charge in [0.05, 0.1) is 0 Å². The molecule has 1 aromatic heterocycles. The highest BCUT2D eigenvalue weighted by atomic mass is 35.5. The highest BCUT2D eigenvalue weighted by Crippen LogP contribution is 2.33. The van der Waals surface area contributed by atoms with Crippen LogP contribution in [0, 0.1) is 11.8 Å². The number of benzene rings is 1. The second-order valence-electron chi connectivity index (χ2n) is 5.98. The van der Waals surface area contributed by atoms with Gasteiger partial charge < -0.3 is 10.6 Å². The second kappa shape index (κ2) is 7.44. The molecular weight excluding hydrogens is 316 g/mol. The summed E-state index contributed by atoms with van der Waals surface area (Å²) in [4.78, 5) is 14.5. The molecule has 1 heterocycles. The number of amides is 1. The molecule has 1 aliphatic carbocycles. The van der Waals surface area contributed by atoms with Crippen molar-refractivity contribution >= 4 is 39.7 Å². The Bertz CT molecular complexity index is 642. The molecule has 0 aliphatic heterocycles. The van der Waals surface area contributed by atoms with Crippen LogP contribution in [0.4, 0.5) is 0 Å². The van der Waals surface area contributed by atoms with Crippen molar-refractivity contribution in [3.8, 4) is 0 Å². The third kappa shape index (κ3) is 3.29. The Labute approximate surface area is 141 Å². The summed E-state index contributed by atoms with van der Waals surface area (Å²) in [6.45, 7) is 1.32. The molecule has 0 bridgehead atoms. The molecule has 1 fully saturated rings. The molecule has 3 nitrogen and oxygen atoms in total. The van der Waals surface area contributed by atoms with Gasteiger partial charge in [-0.25, -0.2) is 0 Å². The lowest BCUT2D eigenvalue weighted by Crippen LogP contribution is -2.36. The van der Waals surface area contributed by atoms with Gasteiger partial charge in [-0.05, 0) is 47.7 Å². The van der Waals surface area contributed by atoms with E-state index < -0.39 is 0 Å². The van der Waals surface area contributed by atoms with Crippen molar-refractivity contribution in [1.82, 2.24) is 4.90 Å². The lowest BCUT2D eigenvalue weighted by molar-refractivity contribution is -0.135. The fourth-order valence-electron chi connectivity index (χ4n) is 3.42. The molecular formula is C17H23ClN2OS. The zero-order chi connectivity index (χ0) is 14.8. The average Bonchev–Trinajstić information content (AvgIpc) is 3.13. The quantitative estimate of drug-likeness (QED) is 0.924. The number of hydrogen-bond acceptors (Lipinski definition) is 3. The van der Waals surface area contributed by atoms with Gasteiger partial charge in [-0.3, -0.25) is 4.79 Å². The van der Waals surface area contributed by atoms with E-state index in [2.05, 4.69) is 29.6 Å². The predicted octanol–water partition coefficient (Wildman–Crippen LogP) is 3.66. The Morgan fingerprint density at radius 1 is 1.36 bits per heavy atom. The molecule has 1 aromatic carbocycles. The molecule has 1 amide bonds. The summed E-state index contributed by atoms with van der Waals surface area (Å²) in [5.74, 6) is 0.766. The molecule has 1 aliphatic rings. The van der Waals surface area contributed by atoms with E-state index in [0.717, 1.165) is 19.3 Å². The van der Waals surface area contributed by atoms with E-state index in [0.29, 0.717) is 19.0 Å². The standard InChI is InChI=1S/C17H22N2OS.ClH/c1-19(17(20)15-7-4-5-12(15)9-18)10-13-11-21-16-8-3-2-6-14(13)16;/h2-3,6,8,11-12,15H,4-5,7,9-10,18H2,1H3;1H/t12-,15-;/m1./s1. The van der Waals surface area contributed by atoms with E-state index >= 15 is 0 Å². The van der Waals surface area contributed by atoms with E-state index in [9.17, 15) is 4.79 Å². The zero-order valence-electron chi connectivity index (χ0n) is 12.8. The fraction of sp³-hybridized carbons (Fsp3) is 0.471. The molecule has 2 N–H and O–H groups in total. The van der Waals surface area contributed by atoms with E-state index in [1.807, 2.05) is 11.9 Å². The van der Waals surface area contributed by atoms with E-state index in [1.54, 1.807) is 11.3 Å². The number of hydrogen-bond donors (Lipinski definition) is 1. The van der Waals surface area contributed by atoms with Crippen LogP contribution in [0.3, 0.4) is 0 Å². The zero-order valence-corrected chi connectivity index (χ0v) is 14.5. The fourth-order valence-corrected chi connectivity index (χ4v) is 4.37. The molecule has 5 heteroatoms. The monoisotopic (exact) mass is 338 g/mol. The third-order valence-corrected chi connectivity index (χ3v) is 5.64. The van der Waals surface area contributed by atoms with Gasteiger partial charge in [0.2, 0.25) is 5.91 Å². The molecule has 22 heavy (non-hydrogen) atoms. The van der Waals surface area contributed by atoms with Crippen molar-refractivity contribution in [1.29, 1.82) is 0 Å². The number of nitrogens with zero attached hydrogens (tertiary/aromatic N) is 1. The van der Waals surface area contributed by atoms with Gasteiger partial charge in [-0.2, -0.15) is 0 Å². The Morgan fingerprint density at radius 2 is 2.14 bits per heavy atom. The molecule has 0 unspecified atom stereocenters. The van der Waals surface area contributed by atoms with Gasteiger partial charge >= 0.3 is 0 Å². The SMILES string of the molecule is CN(Cc1csc2ccccc12)C(=O)[C@@H]1CCC[C@@H]1CN.Cl. The van der Waals surface area contributed by atoms with Gasteiger partial charge in [-0.1, -0.05) is 24.6 Å². The molecule has 2 aromatic rings. The van der Waals surface area contributed by atoms with Crippen LogP contribution in [0.15, 0.2) is 29.6 Å². The molecule has 2 atom stereocenters.